The fourth-order valence-corrected chi connectivity index (χ4v) is 4.97. The van der Waals surface area contributed by atoms with Crippen molar-refractivity contribution in [2.45, 2.75) is 52.4 Å². The molecule has 4 rings (SSSR count). The maximum Gasteiger partial charge on any atom is 0.419 e. The van der Waals surface area contributed by atoms with E-state index in [9.17, 15) is 22.8 Å². The Morgan fingerprint density at radius 3 is 2.07 bits per heavy atom. The van der Waals surface area contributed by atoms with Crippen molar-refractivity contribution >= 4 is 23.0 Å². The lowest BCUT2D eigenvalue weighted by molar-refractivity contribution is -0.138. The molecule has 1 saturated heterocycles. The topological polar surface area (TPSA) is 82.5 Å². The number of carbonyl (C=O) groups is 2. The number of benzene rings is 2. The molecule has 0 saturated carbocycles. The third-order valence-electron chi connectivity index (χ3n) is 7.11. The normalized spacial score (nSPS) is 14.5. The summed E-state index contributed by atoms with van der Waals surface area (Å²) in [5, 5.41) is 0.909. The molecule has 12 heteroatoms. The first-order valence-electron chi connectivity index (χ1n) is 14.3. The predicted octanol–water partition coefficient (Wildman–Crippen LogP) is 6.29. The second kappa shape index (κ2) is 14.8. The highest BCUT2D eigenvalue weighted by Crippen LogP contribution is 2.34. The first-order chi connectivity index (χ1) is 20.7. The number of fused-ring (bicyclic) bond motifs is 1. The van der Waals surface area contributed by atoms with Crippen LogP contribution in [0.4, 0.5) is 18.0 Å². The van der Waals surface area contributed by atoms with Crippen molar-refractivity contribution in [2.24, 2.45) is 0 Å². The molecule has 242 valence electrons. The summed E-state index contributed by atoms with van der Waals surface area (Å²) < 4.78 is 59.7. The van der Waals surface area contributed by atoms with Crippen molar-refractivity contribution < 1.29 is 41.7 Å². The van der Waals surface area contributed by atoms with Crippen LogP contribution in [0.2, 0.25) is 0 Å². The average molecular weight is 622 g/mol. The lowest BCUT2D eigenvalue weighted by Crippen LogP contribution is -2.46. The van der Waals surface area contributed by atoms with Gasteiger partial charge in [0.25, 0.3) is 0 Å². The van der Waals surface area contributed by atoms with Crippen LogP contribution in [0, 0.1) is 6.92 Å². The number of carbonyl (C=O) groups excluding carboxylic acids is 2. The Kier molecular flexibility index (Phi) is 11.7. The van der Waals surface area contributed by atoms with Gasteiger partial charge in [-0.15, -0.1) is 0 Å². The van der Waals surface area contributed by atoms with E-state index in [1.807, 2.05) is 44.7 Å². The minimum atomic E-state index is -4.13. The van der Waals surface area contributed by atoms with Gasteiger partial charge < -0.3 is 23.8 Å². The maximum atomic E-state index is 12.7. The van der Waals surface area contributed by atoms with E-state index >= 15 is 0 Å². The van der Waals surface area contributed by atoms with E-state index < -0.39 is 24.3 Å². The standard InChI is InChI=1S/C23H32F3N3O3.C9H10O3/c1-16-14-19(31-5)18(15-28-12-10-27(11-13-28)9-7-23(24,25)26)17-6-8-29(20(16)17)21(30)32-22(2,3)4;1-11-8-6-4-3-5-7(8)9(10)12-2/h6,8,14H,7,9-13,15H2,1-5H3;3-6H,1-2H3. The zero-order valence-electron chi connectivity index (χ0n) is 26.4. The third kappa shape index (κ3) is 9.36. The smallest absolute Gasteiger partial charge is 0.419 e. The van der Waals surface area contributed by atoms with Gasteiger partial charge in [0.1, 0.15) is 22.7 Å². The average Bonchev–Trinajstić information content (AvgIpc) is 3.43. The minimum Gasteiger partial charge on any atom is -0.496 e. The molecule has 2 heterocycles. The summed E-state index contributed by atoms with van der Waals surface area (Å²) in [6.07, 6.45) is -3.63. The third-order valence-corrected chi connectivity index (χ3v) is 7.11. The number of alkyl halides is 3. The van der Waals surface area contributed by atoms with Gasteiger partial charge in [0.2, 0.25) is 0 Å². The van der Waals surface area contributed by atoms with Crippen LogP contribution in [0.5, 0.6) is 11.5 Å². The number of ether oxygens (including phenoxy) is 4. The lowest BCUT2D eigenvalue weighted by Gasteiger charge is -2.35. The maximum absolute atomic E-state index is 12.7. The number of esters is 1. The van der Waals surface area contributed by atoms with Gasteiger partial charge >= 0.3 is 18.2 Å². The van der Waals surface area contributed by atoms with E-state index in [1.165, 1.54) is 18.8 Å². The first kappa shape index (κ1) is 34.7. The van der Waals surface area contributed by atoms with Gasteiger partial charge in [-0.2, -0.15) is 13.2 Å². The number of piperazine rings is 1. The molecular formula is C32H42F3N3O6. The summed E-state index contributed by atoms with van der Waals surface area (Å²) in [4.78, 5) is 27.9. The van der Waals surface area contributed by atoms with Crippen LogP contribution in [0.15, 0.2) is 42.6 Å². The van der Waals surface area contributed by atoms with Crippen LogP contribution in [0.3, 0.4) is 0 Å². The number of rotatable bonds is 7. The number of para-hydroxylation sites is 1. The number of aryl methyl sites for hydroxylation is 1. The van der Waals surface area contributed by atoms with Crippen molar-refractivity contribution in [1.29, 1.82) is 0 Å². The van der Waals surface area contributed by atoms with E-state index in [1.54, 1.807) is 37.6 Å². The first-order valence-corrected chi connectivity index (χ1v) is 14.3. The summed E-state index contributed by atoms with van der Waals surface area (Å²) in [6, 6.07) is 10.7. The Balaban J connectivity index is 0.000000369. The Hall–Kier alpha value is -3.77. The van der Waals surface area contributed by atoms with Gasteiger partial charge in [-0.25, -0.2) is 9.59 Å². The van der Waals surface area contributed by atoms with E-state index in [0.717, 1.165) is 27.8 Å². The van der Waals surface area contributed by atoms with Crippen LogP contribution in [0.1, 0.15) is 48.7 Å². The fraction of sp³-hybridized carbons (Fsp3) is 0.500. The summed E-state index contributed by atoms with van der Waals surface area (Å²) in [6.45, 7) is 10.5. The van der Waals surface area contributed by atoms with Crippen LogP contribution in [-0.2, 0) is 16.0 Å². The molecule has 0 radical (unpaired) electrons. The second-order valence-corrected chi connectivity index (χ2v) is 11.5. The van der Waals surface area contributed by atoms with E-state index in [0.29, 0.717) is 44.0 Å². The van der Waals surface area contributed by atoms with Gasteiger partial charge in [-0.1, -0.05) is 12.1 Å². The van der Waals surface area contributed by atoms with Gasteiger partial charge in [-0.05, 0) is 57.5 Å². The number of methoxy groups -OCH3 is 3. The molecule has 0 bridgehead atoms. The Bertz CT molecular complexity index is 1420. The zero-order chi connectivity index (χ0) is 32.7. The molecule has 2 aromatic carbocycles. The van der Waals surface area contributed by atoms with Crippen molar-refractivity contribution in [3.63, 3.8) is 0 Å². The molecule has 0 N–H and O–H groups in total. The van der Waals surface area contributed by atoms with Crippen molar-refractivity contribution in [1.82, 2.24) is 14.4 Å². The fourth-order valence-electron chi connectivity index (χ4n) is 4.97. The number of halogens is 3. The highest BCUT2D eigenvalue weighted by molar-refractivity contribution is 5.95. The summed E-state index contributed by atoms with van der Waals surface area (Å²) in [5.74, 6) is 0.883. The molecule has 0 unspecified atom stereocenters. The molecule has 44 heavy (non-hydrogen) atoms. The van der Waals surface area contributed by atoms with Crippen LogP contribution < -0.4 is 9.47 Å². The van der Waals surface area contributed by atoms with Gasteiger partial charge in [0.15, 0.2) is 0 Å². The zero-order valence-corrected chi connectivity index (χ0v) is 26.4. The Labute approximate surface area is 256 Å². The van der Waals surface area contributed by atoms with Crippen molar-refractivity contribution in [3.8, 4) is 11.5 Å². The number of nitrogens with zero attached hydrogens (tertiary/aromatic N) is 3. The summed E-state index contributed by atoms with van der Waals surface area (Å²) in [7, 11) is 4.47. The van der Waals surface area contributed by atoms with Crippen molar-refractivity contribution in [2.75, 3.05) is 54.1 Å². The highest BCUT2D eigenvalue weighted by atomic mass is 19.4. The Morgan fingerprint density at radius 1 is 0.886 bits per heavy atom. The lowest BCUT2D eigenvalue weighted by atomic mass is 10.0. The largest absolute Gasteiger partial charge is 0.496 e. The summed E-state index contributed by atoms with van der Waals surface area (Å²) >= 11 is 0. The van der Waals surface area contributed by atoms with E-state index in [2.05, 4.69) is 9.64 Å². The minimum absolute atomic E-state index is 0.0359. The van der Waals surface area contributed by atoms with Crippen LogP contribution in [0.25, 0.3) is 10.9 Å². The molecule has 0 atom stereocenters. The van der Waals surface area contributed by atoms with Crippen LogP contribution >= 0.6 is 0 Å². The molecule has 9 nitrogen and oxygen atoms in total. The van der Waals surface area contributed by atoms with Gasteiger partial charge in [0.05, 0.1) is 33.3 Å². The van der Waals surface area contributed by atoms with Crippen LogP contribution in [-0.4, -0.2) is 92.3 Å². The molecule has 1 aliphatic rings. The summed E-state index contributed by atoms with van der Waals surface area (Å²) in [5.41, 5.74) is 2.47. The quantitative estimate of drug-likeness (QED) is 0.285. The Morgan fingerprint density at radius 2 is 1.50 bits per heavy atom. The molecule has 1 fully saturated rings. The molecular weight excluding hydrogens is 579 g/mol. The molecule has 3 aromatic rings. The number of aromatic nitrogens is 1. The highest BCUT2D eigenvalue weighted by Gasteiger charge is 2.29. The van der Waals surface area contributed by atoms with E-state index in [4.69, 9.17) is 14.2 Å². The molecule has 1 aromatic heterocycles. The SMILES string of the molecule is COC(=O)c1ccccc1OC.COc1cc(C)c2c(ccn2C(=O)OC(C)(C)C)c1CN1CCN(CCC(F)(F)F)CC1. The second-order valence-electron chi connectivity index (χ2n) is 11.5. The number of hydrogen-bond donors (Lipinski definition) is 0. The molecule has 0 amide bonds. The number of hydrogen-bond acceptors (Lipinski definition) is 8. The van der Waals surface area contributed by atoms with Gasteiger partial charge in [0, 0.05) is 56.4 Å². The monoisotopic (exact) mass is 621 g/mol. The van der Waals surface area contributed by atoms with Gasteiger partial charge in [-0.3, -0.25) is 9.47 Å². The van der Waals surface area contributed by atoms with Crippen molar-refractivity contribution in [3.05, 3.63) is 59.3 Å². The molecule has 0 aliphatic carbocycles. The predicted molar refractivity (Wildman–Crippen MR) is 162 cm³/mol. The molecule has 1 aliphatic heterocycles. The van der Waals surface area contributed by atoms with E-state index in [-0.39, 0.29) is 12.5 Å². The molecule has 0 spiro atoms.